The Morgan fingerprint density at radius 1 is 0.793 bits per heavy atom. The lowest BCUT2D eigenvalue weighted by Gasteiger charge is -2.30. The van der Waals surface area contributed by atoms with Crippen LogP contribution in [-0.2, 0) is 10.0 Å². The quantitative estimate of drug-likeness (QED) is 0.171. The van der Waals surface area contributed by atoms with Crippen LogP contribution >= 0.6 is 0 Å². The molecule has 0 aliphatic heterocycles. The predicted molar refractivity (Wildman–Crippen MR) is 120 cm³/mol. The van der Waals surface area contributed by atoms with Gasteiger partial charge in [0.2, 0.25) is 0 Å². The number of rotatable bonds is 17. The molecule has 0 aromatic heterocycles. The van der Waals surface area contributed by atoms with Gasteiger partial charge in [-0.3, -0.25) is 10.1 Å². The molecule has 1 aliphatic rings. The summed E-state index contributed by atoms with van der Waals surface area (Å²) in [6.07, 6.45) is 19.5. The maximum atomic E-state index is 13.3. The van der Waals surface area contributed by atoms with Crippen molar-refractivity contribution in [2.75, 3.05) is 13.1 Å². The smallest absolute Gasteiger partial charge is 0.262 e. The van der Waals surface area contributed by atoms with E-state index in [1.165, 1.54) is 54.6 Å². The molecule has 6 nitrogen and oxygen atoms in total. The van der Waals surface area contributed by atoms with Crippen LogP contribution in [0.4, 0.5) is 0 Å². The first kappa shape index (κ1) is 25.8. The third kappa shape index (κ3) is 7.85. The Hall–Kier alpha value is -1.21. The van der Waals surface area contributed by atoms with Gasteiger partial charge in [-0.15, -0.1) is 0 Å². The molecule has 0 N–H and O–H groups in total. The summed E-state index contributed by atoms with van der Waals surface area (Å²) < 4.78 is 28.1. The predicted octanol–water partition coefficient (Wildman–Crippen LogP) is 5.64. The summed E-state index contributed by atoms with van der Waals surface area (Å²) in [6.45, 7) is 5.03. The van der Waals surface area contributed by atoms with Crippen molar-refractivity contribution in [3.63, 3.8) is 0 Å². The number of sulfonamides is 1. The molecule has 1 atom stereocenters. The zero-order valence-electron chi connectivity index (χ0n) is 18.2. The van der Waals surface area contributed by atoms with E-state index in [0.717, 1.165) is 51.4 Å². The summed E-state index contributed by atoms with van der Waals surface area (Å²) >= 11 is 0. The van der Waals surface area contributed by atoms with Crippen molar-refractivity contribution < 1.29 is 13.3 Å². The Kier molecular flexibility index (Phi) is 12.4. The second-order valence-electron chi connectivity index (χ2n) is 7.86. The van der Waals surface area contributed by atoms with Gasteiger partial charge in [0.15, 0.2) is 0 Å². The Morgan fingerprint density at radius 3 is 1.69 bits per heavy atom. The van der Waals surface area contributed by atoms with Gasteiger partial charge in [-0.2, -0.15) is 4.31 Å². The van der Waals surface area contributed by atoms with Gasteiger partial charge < -0.3 is 0 Å². The summed E-state index contributed by atoms with van der Waals surface area (Å²) in [7, 11) is -4.14. The number of allylic oxidation sites excluding steroid dienone is 2. The van der Waals surface area contributed by atoms with Crippen LogP contribution in [0.25, 0.3) is 0 Å². The van der Waals surface area contributed by atoms with Crippen LogP contribution in [0.15, 0.2) is 24.3 Å². The standard InChI is InChI=1S/C22H39N2O4S/c1-3-5-7-9-11-16-20-23(21-17-12-10-8-6-4-2)29(27,28)22(24(25)26)18-14-13-15-19-22/h13-15,18-19H,3-12,16-17,20-21H2,1-2H3. The number of hydrogen-bond donors (Lipinski definition) is 0. The summed E-state index contributed by atoms with van der Waals surface area (Å²) in [4.78, 5) is 8.94. The Balaban J connectivity index is 2.79. The Morgan fingerprint density at radius 2 is 1.28 bits per heavy atom. The van der Waals surface area contributed by atoms with Crippen molar-refractivity contribution in [2.24, 2.45) is 0 Å². The maximum absolute atomic E-state index is 13.3. The van der Waals surface area contributed by atoms with E-state index in [1.807, 2.05) is 0 Å². The molecule has 167 valence electrons. The molecule has 1 radical (unpaired) electrons. The zero-order chi connectivity index (χ0) is 21.6. The second-order valence-corrected chi connectivity index (χ2v) is 9.98. The van der Waals surface area contributed by atoms with E-state index in [2.05, 4.69) is 13.8 Å². The lowest BCUT2D eigenvalue weighted by Crippen LogP contribution is -2.53. The van der Waals surface area contributed by atoms with Crippen LogP contribution in [0.2, 0.25) is 0 Å². The van der Waals surface area contributed by atoms with Gasteiger partial charge >= 0.3 is 4.87 Å². The normalized spacial score (nSPS) is 19.1. The minimum absolute atomic E-state index is 0.352. The SMILES string of the molecule is CCCCCCCCN(CCCCCCCC)S(=O)(=O)C1([N+](=O)[O-])[CH]C=CC=C1. The second kappa shape index (κ2) is 13.9. The Bertz CT molecular complexity index is 615. The number of nitrogens with zero attached hydrogens (tertiary/aromatic N) is 2. The monoisotopic (exact) mass is 427 g/mol. The molecule has 0 saturated heterocycles. The van der Waals surface area contributed by atoms with Crippen LogP contribution in [-0.4, -0.2) is 35.6 Å². The topological polar surface area (TPSA) is 80.5 Å². The van der Waals surface area contributed by atoms with E-state index in [4.69, 9.17) is 0 Å². The van der Waals surface area contributed by atoms with Crippen molar-refractivity contribution in [1.29, 1.82) is 0 Å². The highest BCUT2D eigenvalue weighted by Crippen LogP contribution is 2.31. The lowest BCUT2D eigenvalue weighted by molar-refractivity contribution is -0.517. The van der Waals surface area contributed by atoms with E-state index < -0.39 is 19.8 Å². The molecule has 0 saturated carbocycles. The highest BCUT2D eigenvalue weighted by Gasteiger charge is 2.56. The first-order valence-corrected chi connectivity index (χ1v) is 12.7. The average Bonchev–Trinajstić information content (AvgIpc) is 2.71. The molecule has 0 aromatic carbocycles. The summed E-state index contributed by atoms with van der Waals surface area (Å²) in [5.41, 5.74) is 0. The average molecular weight is 428 g/mol. The van der Waals surface area contributed by atoms with E-state index in [0.29, 0.717) is 13.1 Å². The Labute approximate surface area is 177 Å². The molecule has 0 aromatic rings. The molecular formula is C22H39N2O4S. The maximum Gasteiger partial charge on any atom is 0.357 e. The molecule has 7 heteroatoms. The van der Waals surface area contributed by atoms with E-state index in [9.17, 15) is 18.5 Å². The number of nitro groups is 1. The minimum atomic E-state index is -4.14. The molecule has 0 heterocycles. The summed E-state index contributed by atoms with van der Waals surface area (Å²) in [5.74, 6) is 0. The molecule has 1 unspecified atom stereocenters. The number of hydrogen-bond acceptors (Lipinski definition) is 4. The first-order valence-electron chi connectivity index (χ1n) is 11.3. The van der Waals surface area contributed by atoms with E-state index >= 15 is 0 Å². The van der Waals surface area contributed by atoms with Crippen molar-refractivity contribution in [2.45, 2.75) is 95.8 Å². The fourth-order valence-corrected chi connectivity index (χ4v) is 5.43. The van der Waals surface area contributed by atoms with E-state index in [1.54, 1.807) is 6.08 Å². The van der Waals surface area contributed by atoms with Gasteiger partial charge in [-0.1, -0.05) is 96.3 Å². The van der Waals surface area contributed by atoms with Crippen LogP contribution in [0.5, 0.6) is 0 Å². The number of unbranched alkanes of at least 4 members (excludes halogenated alkanes) is 10. The van der Waals surface area contributed by atoms with Crippen molar-refractivity contribution >= 4 is 10.0 Å². The fraction of sp³-hybridized carbons (Fsp3) is 0.773. The third-order valence-corrected chi connectivity index (χ3v) is 7.75. The highest BCUT2D eigenvalue weighted by atomic mass is 32.2. The molecule has 0 amide bonds. The lowest BCUT2D eigenvalue weighted by atomic mass is 10.1. The largest absolute Gasteiger partial charge is 0.357 e. The summed E-state index contributed by atoms with van der Waals surface area (Å²) in [6, 6.07) is 0. The molecule has 1 aliphatic carbocycles. The molecule has 0 fully saturated rings. The minimum Gasteiger partial charge on any atom is -0.262 e. The zero-order valence-corrected chi connectivity index (χ0v) is 19.0. The fourth-order valence-electron chi connectivity index (χ4n) is 3.59. The van der Waals surface area contributed by atoms with Gasteiger partial charge in [0.05, 0.1) is 6.42 Å². The summed E-state index contributed by atoms with van der Waals surface area (Å²) in [5, 5.41) is 11.8. The van der Waals surface area contributed by atoms with Crippen molar-refractivity contribution in [3.05, 3.63) is 40.8 Å². The van der Waals surface area contributed by atoms with Gasteiger partial charge in [0.25, 0.3) is 10.0 Å². The van der Waals surface area contributed by atoms with Crippen molar-refractivity contribution in [3.8, 4) is 0 Å². The molecule has 1 rings (SSSR count). The van der Waals surface area contributed by atoms with Crippen LogP contribution in [0.1, 0.15) is 90.9 Å². The van der Waals surface area contributed by atoms with Crippen LogP contribution in [0.3, 0.4) is 0 Å². The van der Waals surface area contributed by atoms with Gasteiger partial charge in [0.1, 0.15) is 0 Å². The molecule has 29 heavy (non-hydrogen) atoms. The molecular weight excluding hydrogens is 388 g/mol. The third-order valence-electron chi connectivity index (χ3n) is 5.45. The van der Waals surface area contributed by atoms with Gasteiger partial charge in [-0.05, 0) is 12.8 Å². The highest BCUT2D eigenvalue weighted by molar-refractivity contribution is 7.90. The van der Waals surface area contributed by atoms with Crippen LogP contribution in [0, 0.1) is 16.5 Å². The van der Waals surface area contributed by atoms with Crippen LogP contribution < -0.4 is 0 Å². The van der Waals surface area contributed by atoms with Gasteiger partial charge in [0, 0.05) is 24.1 Å². The van der Waals surface area contributed by atoms with Crippen molar-refractivity contribution in [1.82, 2.24) is 4.31 Å². The molecule has 0 bridgehead atoms. The molecule has 0 spiro atoms. The first-order chi connectivity index (χ1) is 13.9. The van der Waals surface area contributed by atoms with E-state index in [-0.39, 0.29) is 0 Å². The van der Waals surface area contributed by atoms with Gasteiger partial charge in [-0.25, -0.2) is 8.42 Å².